The first-order chi connectivity index (χ1) is 6.14. The average molecular weight is 182 g/mol. The van der Waals surface area contributed by atoms with Crippen molar-refractivity contribution in [2.75, 3.05) is 0 Å². The van der Waals surface area contributed by atoms with E-state index < -0.39 is 0 Å². The number of carbonyl (C=O) groups is 1. The number of carbonyl (C=O) groups excluding carboxylic acids is 1. The van der Waals surface area contributed by atoms with Crippen molar-refractivity contribution in [3.05, 3.63) is 0 Å². The van der Waals surface area contributed by atoms with E-state index >= 15 is 0 Å². The van der Waals surface area contributed by atoms with Crippen LogP contribution in [0.15, 0.2) is 0 Å². The molecule has 13 heavy (non-hydrogen) atoms. The highest BCUT2D eigenvalue weighted by Crippen LogP contribution is 2.43. The molecule has 0 spiro atoms. The normalized spacial score (nSPS) is 37.0. The molecule has 1 nitrogen and oxygen atoms in total. The third-order valence-corrected chi connectivity index (χ3v) is 4.03. The van der Waals surface area contributed by atoms with Gasteiger partial charge in [0.25, 0.3) is 0 Å². The lowest BCUT2D eigenvalue weighted by Crippen LogP contribution is -2.34. The summed E-state index contributed by atoms with van der Waals surface area (Å²) in [5.74, 6) is 1.40. The van der Waals surface area contributed by atoms with Crippen molar-refractivity contribution in [2.24, 2.45) is 17.3 Å². The average Bonchev–Trinajstić information content (AvgIpc) is 2.18. The summed E-state index contributed by atoms with van der Waals surface area (Å²) in [5, 5.41) is 0. The van der Waals surface area contributed by atoms with Gasteiger partial charge in [0.15, 0.2) is 0 Å². The van der Waals surface area contributed by atoms with Crippen molar-refractivity contribution in [1.29, 1.82) is 0 Å². The Hall–Kier alpha value is -0.330. The molecule has 0 aromatic heterocycles. The molecule has 0 aromatic rings. The number of hydrogen-bond acceptors (Lipinski definition) is 1. The van der Waals surface area contributed by atoms with Gasteiger partial charge < -0.3 is 4.79 Å². The van der Waals surface area contributed by atoms with Crippen LogP contribution in [-0.4, -0.2) is 6.29 Å². The van der Waals surface area contributed by atoms with Crippen LogP contribution in [0.4, 0.5) is 0 Å². The standard InChI is InChI=1S/C12H22O/c1-4-11(3)12(9-13)7-5-10(2)6-8-12/h9-11H,4-8H2,1-3H3. The molecule has 0 amide bonds. The summed E-state index contributed by atoms with van der Waals surface area (Å²) in [5.41, 5.74) is 0.0290. The van der Waals surface area contributed by atoms with Crippen molar-refractivity contribution >= 4 is 6.29 Å². The fourth-order valence-electron chi connectivity index (χ4n) is 2.43. The van der Waals surface area contributed by atoms with Gasteiger partial charge in [-0.2, -0.15) is 0 Å². The Morgan fingerprint density at radius 3 is 2.38 bits per heavy atom. The molecule has 0 N–H and O–H groups in total. The van der Waals surface area contributed by atoms with Crippen LogP contribution < -0.4 is 0 Å². The van der Waals surface area contributed by atoms with Crippen molar-refractivity contribution < 1.29 is 4.79 Å². The Morgan fingerprint density at radius 2 is 2.00 bits per heavy atom. The van der Waals surface area contributed by atoms with E-state index in [-0.39, 0.29) is 5.41 Å². The topological polar surface area (TPSA) is 17.1 Å². The van der Waals surface area contributed by atoms with Gasteiger partial charge >= 0.3 is 0 Å². The van der Waals surface area contributed by atoms with Gasteiger partial charge in [-0.25, -0.2) is 0 Å². The van der Waals surface area contributed by atoms with Crippen LogP contribution >= 0.6 is 0 Å². The summed E-state index contributed by atoms with van der Waals surface area (Å²) in [4.78, 5) is 11.2. The lowest BCUT2D eigenvalue weighted by Gasteiger charge is -2.39. The van der Waals surface area contributed by atoms with Crippen LogP contribution in [0.3, 0.4) is 0 Å². The third kappa shape index (κ3) is 2.12. The lowest BCUT2D eigenvalue weighted by molar-refractivity contribution is -0.121. The van der Waals surface area contributed by atoms with E-state index in [4.69, 9.17) is 0 Å². The van der Waals surface area contributed by atoms with Gasteiger partial charge in [-0.1, -0.05) is 27.2 Å². The van der Waals surface area contributed by atoms with E-state index in [2.05, 4.69) is 20.8 Å². The van der Waals surface area contributed by atoms with Crippen molar-refractivity contribution in [3.63, 3.8) is 0 Å². The molecule has 1 aliphatic carbocycles. The van der Waals surface area contributed by atoms with Crippen LogP contribution in [0, 0.1) is 17.3 Å². The second-order valence-corrected chi connectivity index (χ2v) is 4.84. The number of hydrogen-bond donors (Lipinski definition) is 0. The SMILES string of the molecule is CCC(C)C1(C=O)CCC(C)CC1. The van der Waals surface area contributed by atoms with E-state index in [9.17, 15) is 4.79 Å². The molecule has 1 atom stereocenters. The van der Waals surface area contributed by atoms with Gasteiger partial charge in [-0.05, 0) is 37.5 Å². The molecule has 0 radical (unpaired) electrons. The minimum absolute atomic E-state index is 0.0290. The monoisotopic (exact) mass is 182 g/mol. The predicted octanol–water partition coefficient (Wildman–Crippen LogP) is 3.43. The minimum atomic E-state index is 0.0290. The van der Waals surface area contributed by atoms with Gasteiger partial charge in [0.1, 0.15) is 6.29 Å². The molecular weight excluding hydrogens is 160 g/mol. The maximum Gasteiger partial charge on any atom is 0.126 e. The zero-order valence-corrected chi connectivity index (χ0v) is 9.18. The quantitative estimate of drug-likeness (QED) is 0.611. The van der Waals surface area contributed by atoms with Gasteiger partial charge in [0.2, 0.25) is 0 Å². The Balaban J connectivity index is 2.65. The Bertz CT molecular complexity index is 166. The second-order valence-electron chi connectivity index (χ2n) is 4.84. The molecule has 1 aliphatic rings. The van der Waals surface area contributed by atoms with E-state index in [1.54, 1.807) is 0 Å². The maximum absolute atomic E-state index is 11.2. The van der Waals surface area contributed by atoms with Crippen LogP contribution in [0.1, 0.15) is 52.9 Å². The zero-order valence-electron chi connectivity index (χ0n) is 9.18. The third-order valence-electron chi connectivity index (χ3n) is 4.03. The lowest BCUT2D eigenvalue weighted by atomic mass is 9.64. The highest BCUT2D eigenvalue weighted by atomic mass is 16.1. The molecule has 0 heterocycles. The fraction of sp³-hybridized carbons (Fsp3) is 0.917. The summed E-state index contributed by atoms with van der Waals surface area (Å²) >= 11 is 0. The first-order valence-electron chi connectivity index (χ1n) is 5.61. The Labute approximate surface area is 81.9 Å². The summed E-state index contributed by atoms with van der Waals surface area (Å²) in [6.45, 7) is 6.71. The van der Waals surface area contributed by atoms with Gasteiger partial charge in [-0.3, -0.25) is 0 Å². The highest BCUT2D eigenvalue weighted by Gasteiger charge is 2.37. The van der Waals surface area contributed by atoms with E-state index in [0.717, 1.165) is 25.2 Å². The first kappa shape index (κ1) is 10.7. The van der Waals surface area contributed by atoms with E-state index in [1.807, 2.05) is 0 Å². The summed E-state index contributed by atoms with van der Waals surface area (Å²) in [7, 11) is 0. The molecule has 0 saturated heterocycles. The number of rotatable bonds is 3. The number of aldehydes is 1. The highest BCUT2D eigenvalue weighted by molar-refractivity contribution is 5.60. The molecule has 1 rings (SSSR count). The first-order valence-corrected chi connectivity index (χ1v) is 5.61. The van der Waals surface area contributed by atoms with Crippen LogP contribution in [0.25, 0.3) is 0 Å². The van der Waals surface area contributed by atoms with Crippen molar-refractivity contribution in [1.82, 2.24) is 0 Å². The zero-order chi connectivity index (χ0) is 9.90. The largest absolute Gasteiger partial charge is 0.303 e. The molecule has 0 aliphatic heterocycles. The molecule has 0 bridgehead atoms. The molecule has 1 unspecified atom stereocenters. The molecule has 1 fully saturated rings. The summed E-state index contributed by atoms with van der Waals surface area (Å²) < 4.78 is 0. The van der Waals surface area contributed by atoms with Crippen molar-refractivity contribution in [3.8, 4) is 0 Å². The Morgan fingerprint density at radius 1 is 1.46 bits per heavy atom. The van der Waals surface area contributed by atoms with Crippen LogP contribution in [0.2, 0.25) is 0 Å². The molecule has 1 heteroatoms. The maximum atomic E-state index is 11.2. The summed E-state index contributed by atoms with van der Waals surface area (Å²) in [6, 6.07) is 0. The van der Waals surface area contributed by atoms with Gasteiger partial charge in [0.05, 0.1) is 0 Å². The summed E-state index contributed by atoms with van der Waals surface area (Å²) in [6.07, 6.45) is 7.09. The predicted molar refractivity (Wildman–Crippen MR) is 55.6 cm³/mol. The molecule has 76 valence electrons. The molecule has 1 saturated carbocycles. The van der Waals surface area contributed by atoms with Crippen LogP contribution in [0.5, 0.6) is 0 Å². The van der Waals surface area contributed by atoms with Crippen LogP contribution in [-0.2, 0) is 4.79 Å². The van der Waals surface area contributed by atoms with Gasteiger partial charge in [-0.15, -0.1) is 0 Å². The minimum Gasteiger partial charge on any atom is -0.303 e. The second kappa shape index (κ2) is 4.26. The van der Waals surface area contributed by atoms with E-state index in [0.29, 0.717) is 5.92 Å². The molecule has 0 aromatic carbocycles. The Kier molecular flexibility index (Phi) is 3.52. The smallest absolute Gasteiger partial charge is 0.126 e. The van der Waals surface area contributed by atoms with Gasteiger partial charge in [0, 0.05) is 5.41 Å². The van der Waals surface area contributed by atoms with E-state index in [1.165, 1.54) is 19.1 Å². The van der Waals surface area contributed by atoms with Crippen molar-refractivity contribution in [2.45, 2.75) is 52.9 Å². The molecular formula is C12H22O. The fourth-order valence-corrected chi connectivity index (χ4v) is 2.43.